The topological polar surface area (TPSA) is 21.1 Å². The zero-order chi connectivity index (χ0) is 14.5. The standard InChI is InChI=1S/C16H24ClN3/c1-4-16-18-14-9-8-13(17)12-15(14)20(16)11-7-10-19(5-2)6-3/h8-9,12H,4-7,10-11H2,1-3H3. The summed E-state index contributed by atoms with van der Waals surface area (Å²) in [5, 5.41) is 0.782. The minimum Gasteiger partial charge on any atom is -0.328 e. The van der Waals surface area contributed by atoms with Crippen molar-refractivity contribution in [3.63, 3.8) is 0 Å². The van der Waals surface area contributed by atoms with Gasteiger partial charge in [-0.15, -0.1) is 0 Å². The molecule has 0 bridgehead atoms. The lowest BCUT2D eigenvalue weighted by atomic mass is 10.3. The van der Waals surface area contributed by atoms with Gasteiger partial charge in [-0.2, -0.15) is 0 Å². The van der Waals surface area contributed by atoms with Gasteiger partial charge in [0.15, 0.2) is 0 Å². The van der Waals surface area contributed by atoms with Crippen LogP contribution in [-0.4, -0.2) is 34.1 Å². The van der Waals surface area contributed by atoms with Crippen LogP contribution in [0.3, 0.4) is 0 Å². The highest BCUT2D eigenvalue weighted by Gasteiger charge is 2.10. The number of benzene rings is 1. The van der Waals surface area contributed by atoms with E-state index in [-0.39, 0.29) is 0 Å². The molecule has 0 saturated heterocycles. The number of halogens is 1. The molecule has 0 N–H and O–H groups in total. The van der Waals surface area contributed by atoms with Crippen molar-refractivity contribution >= 4 is 22.6 Å². The van der Waals surface area contributed by atoms with Crippen molar-refractivity contribution in [3.8, 4) is 0 Å². The van der Waals surface area contributed by atoms with E-state index in [0.29, 0.717) is 0 Å². The smallest absolute Gasteiger partial charge is 0.109 e. The molecule has 0 fully saturated rings. The van der Waals surface area contributed by atoms with E-state index >= 15 is 0 Å². The van der Waals surface area contributed by atoms with Crippen LogP contribution in [0.25, 0.3) is 11.0 Å². The van der Waals surface area contributed by atoms with E-state index in [1.165, 1.54) is 0 Å². The first-order valence-electron chi connectivity index (χ1n) is 7.56. The van der Waals surface area contributed by atoms with Crippen LogP contribution in [0.2, 0.25) is 5.02 Å². The summed E-state index contributed by atoms with van der Waals surface area (Å²) in [5.41, 5.74) is 2.21. The van der Waals surface area contributed by atoms with E-state index in [2.05, 4.69) is 30.2 Å². The summed E-state index contributed by atoms with van der Waals surface area (Å²) < 4.78 is 2.32. The van der Waals surface area contributed by atoms with Crippen molar-refractivity contribution in [1.29, 1.82) is 0 Å². The normalized spacial score (nSPS) is 11.7. The second-order valence-electron chi connectivity index (χ2n) is 5.05. The number of rotatable bonds is 7. The molecular formula is C16H24ClN3. The van der Waals surface area contributed by atoms with Crippen LogP contribution in [0, 0.1) is 0 Å². The van der Waals surface area contributed by atoms with E-state index in [0.717, 1.165) is 60.9 Å². The minimum absolute atomic E-state index is 0.782. The molecule has 1 aromatic carbocycles. The van der Waals surface area contributed by atoms with Crippen molar-refractivity contribution < 1.29 is 0 Å². The van der Waals surface area contributed by atoms with Gasteiger partial charge >= 0.3 is 0 Å². The van der Waals surface area contributed by atoms with Gasteiger partial charge in [0.1, 0.15) is 5.82 Å². The lowest BCUT2D eigenvalue weighted by Gasteiger charge is -2.18. The Morgan fingerprint density at radius 1 is 1.20 bits per heavy atom. The number of nitrogens with zero attached hydrogens (tertiary/aromatic N) is 3. The zero-order valence-electron chi connectivity index (χ0n) is 12.7. The van der Waals surface area contributed by atoms with Crippen molar-refractivity contribution in [2.45, 2.75) is 40.2 Å². The molecule has 0 radical (unpaired) electrons. The summed E-state index contributed by atoms with van der Waals surface area (Å²) in [6, 6.07) is 5.95. The molecule has 0 spiro atoms. The predicted molar refractivity (Wildman–Crippen MR) is 86.5 cm³/mol. The maximum absolute atomic E-state index is 6.12. The fourth-order valence-corrected chi connectivity index (χ4v) is 2.82. The average molecular weight is 294 g/mol. The molecular weight excluding hydrogens is 270 g/mol. The number of aromatic nitrogens is 2. The van der Waals surface area contributed by atoms with E-state index in [1.54, 1.807) is 0 Å². The van der Waals surface area contributed by atoms with Crippen LogP contribution < -0.4 is 0 Å². The Labute approximate surface area is 126 Å². The van der Waals surface area contributed by atoms with Gasteiger partial charge in [-0.3, -0.25) is 0 Å². The third-order valence-corrected chi connectivity index (χ3v) is 4.09. The summed E-state index contributed by atoms with van der Waals surface area (Å²) in [5.74, 6) is 1.15. The molecule has 3 nitrogen and oxygen atoms in total. The van der Waals surface area contributed by atoms with Crippen molar-refractivity contribution in [3.05, 3.63) is 29.0 Å². The van der Waals surface area contributed by atoms with Gasteiger partial charge in [0.2, 0.25) is 0 Å². The highest BCUT2D eigenvalue weighted by atomic mass is 35.5. The van der Waals surface area contributed by atoms with Gasteiger partial charge in [0, 0.05) is 18.0 Å². The summed E-state index contributed by atoms with van der Waals surface area (Å²) in [7, 11) is 0. The Morgan fingerprint density at radius 2 is 1.95 bits per heavy atom. The molecule has 1 heterocycles. The van der Waals surface area contributed by atoms with Crippen LogP contribution in [0.5, 0.6) is 0 Å². The zero-order valence-corrected chi connectivity index (χ0v) is 13.5. The molecule has 2 aromatic rings. The maximum Gasteiger partial charge on any atom is 0.109 e. The van der Waals surface area contributed by atoms with E-state index < -0.39 is 0 Å². The lowest BCUT2D eigenvalue weighted by Crippen LogP contribution is -2.25. The number of hydrogen-bond acceptors (Lipinski definition) is 2. The predicted octanol–water partition coefficient (Wildman–Crippen LogP) is 3.98. The van der Waals surface area contributed by atoms with E-state index in [1.807, 2.05) is 18.2 Å². The van der Waals surface area contributed by atoms with E-state index in [9.17, 15) is 0 Å². The molecule has 0 aliphatic heterocycles. The van der Waals surface area contributed by atoms with Gasteiger partial charge in [-0.05, 0) is 44.3 Å². The Kier molecular flexibility index (Phi) is 5.44. The largest absolute Gasteiger partial charge is 0.328 e. The fourth-order valence-electron chi connectivity index (χ4n) is 2.66. The van der Waals surface area contributed by atoms with Crippen molar-refractivity contribution in [1.82, 2.24) is 14.5 Å². The molecule has 0 aliphatic carbocycles. The molecule has 4 heteroatoms. The van der Waals surface area contributed by atoms with Crippen LogP contribution in [0.4, 0.5) is 0 Å². The van der Waals surface area contributed by atoms with Crippen LogP contribution in [-0.2, 0) is 13.0 Å². The molecule has 0 saturated carbocycles. The summed E-state index contributed by atoms with van der Waals surface area (Å²) in [6.45, 7) is 11.0. The second-order valence-corrected chi connectivity index (χ2v) is 5.48. The van der Waals surface area contributed by atoms with Gasteiger partial charge < -0.3 is 9.47 Å². The molecule has 0 unspecified atom stereocenters. The second kappa shape index (κ2) is 7.09. The summed E-state index contributed by atoms with van der Waals surface area (Å²) in [6.07, 6.45) is 2.10. The van der Waals surface area contributed by atoms with Gasteiger partial charge in [-0.25, -0.2) is 4.98 Å². The minimum atomic E-state index is 0.782. The molecule has 0 atom stereocenters. The van der Waals surface area contributed by atoms with E-state index in [4.69, 9.17) is 16.6 Å². The highest BCUT2D eigenvalue weighted by molar-refractivity contribution is 6.31. The maximum atomic E-state index is 6.12. The third-order valence-electron chi connectivity index (χ3n) is 3.86. The fraction of sp³-hybridized carbons (Fsp3) is 0.562. The Morgan fingerprint density at radius 3 is 2.60 bits per heavy atom. The summed E-state index contributed by atoms with van der Waals surface area (Å²) >= 11 is 6.12. The number of fused-ring (bicyclic) bond motifs is 1. The van der Waals surface area contributed by atoms with Crippen LogP contribution >= 0.6 is 11.6 Å². The molecule has 0 amide bonds. The molecule has 1 aromatic heterocycles. The first-order valence-corrected chi connectivity index (χ1v) is 7.94. The summed E-state index contributed by atoms with van der Waals surface area (Å²) in [4.78, 5) is 7.16. The first kappa shape index (κ1) is 15.3. The highest BCUT2D eigenvalue weighted by Crippen LogP contribution is 2.21. The number of imidazole rings is 1. The third kappa shape index (κ3) is 3.33. The van der Waals surface area contributed by atoms with Crippen LogP contribution in [0.15, 0.2) is 18.2 Å². The van der Waals surface area contributed by atoms with Gasteiger partial charge in [-0.1, -0.05) is 32.4 Å². The molecule has 110 valence electrons. The van der Waals surface area contributed by atoms with Gasteiger partial charge in [0.05, 0.1) is 11.0 Å². The molecule has 20 heavy (non-hydrogen) atoms. The van der Waals surface area contributed by atoms with Crippen molar-refractivity contribution in [2.75, 3.05) is 19.6 Å². The molecule has 2 rings (SSSR count). The monoisotopic (exact) mass is 293 g/mol. The Hall–Kier alpha value is -1.06. The number of aryl methyl sites for hydroxylation is 2. The quantitative estimate of drug-likeness (QED) is 0.770. The Balaban J connectivity index is 2.17. The average Bonchev–Trinajstić information content (AvgIpc) is 2.81. The first-order chi connectivity index (χ1) is 9.69. The lowest BCUT2D eigenvalue weighted by molar-refractivity contribution is 0.293. The number of hydrogen-bond donors (Lipinski definition) is 0. The van der Waals surface area contributed by atoms with Crippen LogP contribution in [0.1, 0.15) is 33.0 Å². The van der Waals surface area contributed by atoms with Crippen molar-refractivity contribution in [2.24, 2.45) is 0 Å². The van der Waals surface area contributed by atoms with Gasteiger partial charge in [0.25, 0.3) is 0 Å². The molecule has 0 aliphatic rings. The SMILES string of the molecule is CCc1nc2ccc(Cl)cc2n1CCCN(CC)CC. The Bertz CT molecular complexity index is 558.